The lowest BCUT2D eigenvalue weighted by Gasteiger charge is -2.35. The van der Waals surface area contributed by atoms with E-state index < -0.39 is 0 Å². The van der Waals surface area contributed by atoms with Gasteiger partial charge in [-0.2, -0.15) is 9.61 Å². The molecule has 6 rings (SSSR count). The summed E-state index contributed by atoms with van der Waals surface area (Å²) >= 11 is 0. The third kappa shape index (κ3) is 4.87. The molecule has 0 spiro atoms. The van der Waals surface area contributed by atoms with Crippen molar-refractivity contribution < 1.29 is 4.79 Å². The van der Waals surface area contributed by atoms with Crippen LogP contribution in [0.5, 0.6) is 0 Å². The number of aryl methyl sites for hydroxylation is 2. The fraction of sp³-hybridized carbons (Fsp3) is 0.464. The van der Waals surface area contributed by atoms with Gasteiger partial charge < -0.3 is 4.90 Å². The van der Waals surface area contributed by atoms with Crippen LogP contribution in [0.25, 0.3) is 11.5 Å². The topological polar surface area (TPSA) is 84.4 Å². The van der Waals surface area contributed by atoms with Crippen molar-refractivity contribution in [3.05, 3.63) is 70.3 Å². The van der Waals surface area contributed by atoms with Gasteiger partial charge in [-0.1, -0.05) is 24.3 Å². The molecule has 0 atom stereocenters. The van der Waals surface area contributed by atoms with E-state index in [1.54, 1.807) is 4.52 Å². The number of hydrogen-bond acceptors (Lipinski definition) is 6. The maximum absolute atomic E-state index is 13.1. The van der Waals surface area contributed by atoms with Crippen LogP contribution in [-0.2, 0) is 17.8 Å². The van der Waals surface area contributed by atoms with Crippen molar-refractivity contribution in [1.82, 2.24) is 39.4 Å². The average molecular weight is 499 g/mol. The molecule has 37 heavy (non-hydrogen) atoms. The van der Waals surface area contributed by atoms with Crippen LogP contribution < -0.4 is 0 Å². The second-order valence-corrected chi connectivity index (χ2v) is 10.4. The van der Waals surface area contributed by atoms with Crippen molar-refractivity contribution in [2.45, 2.75) is 58.9 Å². The summed E-state index contributed by atoms with van der Waals surface area (Å²) in [7, 11) is 0. The molecule has 9 heteroatoms. The highest BCUT2D eigenvalue weighted by Gasteiger charge is 2.25. The molecule has 1 amide bonds. The van der Waals surface area contributed by atoms with Crippen LogP contribution >= 0.6 is 0 Å². The van der Waals surface area contributed by atoms with Gasteiger partial charge in [-0.3, -0.25) is 9.69 Å². The monoisotopic (exact) mass is 498 g/mol. The lowest BCUT2D eigenvalue weighted by molar-refractivity contribution is -0.133. The van der Waals surface area contributed by atoms with Gasteiger partial charge in [0.25, 0.3) is 0 Å². The summed E-state index contributed by atoms with van der Waals surface area (Å²) in [5.74, 6) is 2.46. The van der Waals surface area contributed by atoms with Crippen LogP contribution in [0.3, 0.4) is 0 Å². The van der Waals surface area contributed by atoms with Crippen LogP contribution in [0.15, 0.2) is 36.4 Å². The fourth-order valence-corrected chi connectivity index (χ4v) is 5.42. The Bertz CT molecular complexity index is 1440. The standard InChI is InChI=1S/C28H34N8O/c1-19-25(20(2)35(31-19)27-11-10-26-30-29-21(3)36(26)32-27)9-12-28(37)34-15-13-33(14-16-34)18-22-5-4-6-24(17-22)23-7-8-23/h4-6,10-11,17,23H,7-9,12-16,18H2,1-3H3. The first kappa shape index (κ1) is 23.8. The van der Waals surface area contributed by atoms with Gasteiger partial charge in [0.05, 0.1) is 5.69 Å². The van der Waals surface area contributed by atoms with Gasteiger partial charge in [0.2, 0.25) is 5.91 Å². The molecule has 2 aliphatic rings. The molecular weight excluding hydrogens is 464 g/mol. The van der Waals surface area contributed by atoms with Crippen molar-refractivity contribution in [2.75, 3.05) is 26.2 Å². The summed E-state index contributed by atoms with van der Waals surface area (Å²) in [5.41, 5.74) is 6.66. The zero-order valence-corrected chi connectivity index (χ0v) is 21.9. The quantitative estimate of drug-likeness (QED) is 0.388. The number of rotatable bonds is 7. The number of carbonyl (C=O) groups excluding carboxylic acids is 1. The number of aromatic nitrogens is 6. The highest BCUT2D eigenvalue weighted by atomic mass is 16.2. The first-order valence-electron chi connectivity index (χ1n) is 13.3. The van der Waals surface area contributed by atoms with Gasteiger partial charge >= 0.3 is 0 Å². The predicted molar refractivity (Wildman–Crippen MR) is 141 cm³/mol. The molecule has 4 heterocycles. The Balaban J connectivity index is 1.05. The Morgan fingerprint density at radius 3 is 2.57 bits per heavy atom. The van der Waals surface area contributed by atoms with E-state index in [2.05, 4.69) is 44.5 Å². The summed E-state index contributed by atoms with van der Waals surface area (Å²) in [6, 6.07) is 12.9. The lowest BCUT2D eigenvalue weighted by atomic mass is 10.1. The van der Waals surface area contributed by atoms with Crippen molar-refractivity contribution in [1.29, 1.82) is 0 Å². The Kier molecular flexibility index (Phi) is 6.24. The van der Waals surface area contributed by atoms with E-state index in [0.29, 0.717) is 24.3 Å². The van der Waals surface area contributed by atoms with Crippen molar-refractivity contribution in [2.24, 2.45) is 0 Å². The summed E-state index contributed by atoms with van der Waals surface area (Å²) in [5, 5.41) is 17.6. The number of nitrogens with zero attached hydrogens (tertiary/aromatic N) is 8. The molecule has 0 radical (unpaired) electrons. The molecule has 3 aromatic heterocycles. The van der Waals surface area contributed by atoms with E-state index in [9.17, 15) is 4.79 Å². The molecule has 1 aromatic carbocycles. The Morgan fingerprint density at radius 1 is 0.973 bits per heavy atom. The van der Waals surface area contributed by atoms with Crippen LogP contribution in [0, 0.1) is 20.8 Å². The summed E-state index contributed by atoms with van der Waals surface area (Å²) in [6.07, 6.45) is 3.84. The second kappa shape index (κ2) is 9.70. The maximum atomic E-state index is 13.1. The molecule has 0 bridgehead atoms. The smallest absolute Gasteiger partial charge is 0.222 e. The molecule has 9 nitrogen and oxygen atoms in total. The van der Waals surface area contributed by atoms with Crippen LogP contribution in [0.1, 0.15) is 59.1 Å². The van der Waals surface area contributed by atoms with E-state index in [0.717, 1.165) is 61.4 Å². The lowest BCUT2D eigenvalue weighted by Crippen LogP contribution is -2.48. The van der Waals surface area contributed by atoms with Gasteiger partial charge in [-0.15, -0.1) is 15.3 Å². The van der Waals surface area contributed by atoms with Gasteiger partial charge in [-0.25, -0.2) is 4.68 Å². The maximum Gasteiger partial charge on any atom is 0.222 e. The van der Waals surface area contributed by atoms with Crippen LogP contribution in [0.4, 0.5) is 0 Å². The molecular formula is C28H34N8O. The largest absolute Gasteiger partial charge is 0.340 e. The minimum Gasteiger partial charge on any atom is -0.340 e. The number of fused-ring (bicyclic) bond motifs is 1. The van der Waals surface area contributed by atoms with Crippen molar-refractivity contribution >= 4 is 11.6 Å². The Morgan fingerprint density at radius 2 is 1.78 bits per heavy atom. The zero-order chi connectivity index (χ0) is 25.5. The molecule has 1 saturated heterocycles. The highest BCUT2D eigenvalue weighted by Crippen LogP contribution is 2.40. The van der Waals surface area contributed by atoms with Gasteiger partial charge in [0.1, 0.15) is 0 Å². The molecule has 1 aliphatic carbocycles. The van der Waals surface area contributed by atoms with E-state index in [1.807, 2.05) is 42.5 Å². The number of benzene rings is 1. The van der Waals surface area contributed by atoms with Crippen molar-refractivity contribution in [3.63, 3.8) is 0 Å². The first-order chi connectivity index (χ1) is 18.0. The van der Waals surface area contributed by atoms with Crippen LogP contribution in [-0.4, -0.2) is 71.5 Å². The zero-order valence-electron chi connectivity index (χ0n) is 21.9. The molecule has 1 saturated carbocycles. The SMILES string of the molecule is Cc1nn(-c2ccc3nnc(C)n3n2)c(C)c1CCC(=O)N1CCN(Cc2cccc(C3CC3)c2)CC1. The van der Waals surface area contributed by atoms with Gasteiger partial charge in [0.15, 0.2) is 17.3 Å². The molecule has 192 valence electrons. The highest BCUT2D eigenvalue weighted by molar-refractivity contribution is 5.76. The average Bonchev–Trinajstić information content (AvgIpc) is 3.65. The second-order valence-electron chi connectivity index (χ2n) is 10.4. The molecule has 4 aromatic rings. The third-order valence-electron chi connectivity index (χ3n) is 7.78. The van der Waals surface area contributed by atoms with E-state index >= 15 is 0 Å². The van der Waals surface area contributed by atoms with E-state index in [1.165, 1.54) is 24.0 Å². The minimum absolute atomic E-state index is 0.224. The molecule has 1 aliphatic heterocycles. The van der Waals surface area contributed by atoms with Gasteiger partial charge in [0, 0.05) is 44.8 Å². The number of amides is 1. The number of hydrogen-bond donors (Lipinski definition) is 0. The fourth-order valence-electron chi connectivity index (χ4n) is 5.42. The summed E-state index contributed by atoms with van der Waals surface area (Å²) < 4.78 is 3.57. The van der Waals surface area contributed by atoms with E-state index in [4.69, 9.17) is 5.10 Å². The Labute approximate surface area is 217 Å². The summed E-state index contributed by atoms with van der Waals surface area (Å²) in [6.45, 7) is 10.3. The van der Waals surface area contributed by atoms with Crippen LogP contribution in [0.2, 0.25) is 0 Å². The molecule has 0 N–H and O–H groups in total. The Hall–Kier alpha value is -3.59. The predicted octanol–water partition coefficient (Wildman–Crippen LogP) is 3.39. The normalized spacial score (nSPS) is 16.6. The van der Waals surface area contributed by atoms with E-state index in [-0.39, 0.29) is 5.91 Å². The third-order valence-corrected chi connectivity index (χ3v) is 7.78. The number of piperazine rings is 1. The minimum atomic E-state index is 0.224. The molecule has 0 unspecified atom stereocenters. The molecule has 2 fully saturated rings. The first-order valence-corrected chi connectivity index (χ1v) is 13.3. The number of carbonyl (C=O) groups is 1. The summed E-state index contributed by atoms with van der Waals surface area (Å²) in [4.78, 5) is 17.6. The van der Waals surface area contributed by atoms with Crippen molar-refractivity contribution in [3.8, 4) is 5.82 Å². The van der Waals surface area contributed by atoms with Gasteiger partial charge in [-0.05, 0) is 74.8 Å².